The van der Waals surface area contributed by atoms with E-state index in [1.165, 1.54) is 6.08 Å². The Morgan fingerprint density at radius 3 is 3.09 bits per heavy atom. The normalized spacial score (nSPS) is 12.6. The molecule has 0 unspecified atom stereocenters. The van der Waals surface area contributed by atoms with E-state index in [4.69, 9.17) is 21.1 Å². The molecule has 1 amide bonds. The van der Waals surface area contributed by atoms with Crippen LogP contribution in [-0.4, -0.2) is 29.6 Å². The third-order valence-electron chi connectivity index (χ3n) is 3.39. The number of aromatic nitrogens is 1. The van der Waals surface area contributed by atoms with E-state index in [1.54, 1.807) is 42.6 Å². The van der Waals surface area contributed by atoms with Crippen molar-refractivity contribution in [2.24, 2.45) is 0 Å². The van der Waals surface area contributed by atoms with E-state index in [2.05, 4.69) is 4.98 Å². The third kappa shape index (κ3) is 3.63. The Balaban J connectivity index is 1.67. The van der Waals surface area contributed by atoms with E-state index < -0.39 is 0 Å². The summed E-state index contributed by atoms with van der Waals surface area (Å²) in [5.74, 6) is 1.03. The number of hydrogen-bond donors (Lipinski definition) is 0. The molecule has 2 heterocycles. The Kier molecular flexibility index (Phi) is 4.48. The molecule has 0 N–H and O–H groups in total. The zero-order chi connectivity index (χ0) is 16.2. The number of hydrogen-bond acceptors (Lipinski definition) is 4. The monoisotopic (exact) mass is 330 g/mol. The van der Waals surface area contributed by atoms with Gasteiger partial charge in [0.25, 0.3) is 0 Å². The summed E-state index contributed by atoms with van der Waals surface area (Å²) >= 11 is 6.12. The molecule has 1 aromatic heterocycles. The highest BCUT2D eigenvalue weighted by molar-refractivity contribution is 6.32. The molecule has 118 valence electrons. The SMILES string of the molecule is CN(Cc1cccnc1)C(=O)/C=C/c1cc(Cl)c2c(c1)OCO2. The number of ether oxygens (including phenoxy) is 2. The Morgan fingerprint density at radius 1 is 1.43 bits per heavy atom. The van der Waals surface area contributed by atoms with E-state index >= 15 is 0 Å². The number of benzene rings is 1. The van der Waals surface area contributed by atoms with E-state index in [1.807, 2.05) is 12.1 Å². The van der Waals surface area contributed by atoms with Crippen LogP contribution in [0.2, 0.25) is 5.02 Å². The number of rotatable bonds is 4. The zero-order valence-corrected chi connectivity index (χ0v) is 13.3. The largest absolute Gasteiger partial charge is 0.454 e. The predicted octanol–water partition coefficient (Wildman–Crippen LogP) is 3.14. The zero-order valence-electron chi connectivity index (χ0n) is 12.5. The smallest absolute Gasteiger partial charge is 0.246 e. The molecule has 0 bridgehead atoms. The van der Waals surface area contributed by atoms with Crippen LogP contribution in [0.1, 0.15) is 11.1 Å². The van der Waals surface area contributed by atoms with Gasteiger partial charge in [-0.25, -0.2) is 0 Å². The molecule has 0 saturated heterocycles. The molecule has 3 rings (SSSR count). The molecule has 0 aliphatic carbocycles. The number of pyridine rings is 1. The van der Waals surface area contributed by atoms with Gasteiger partial charge in [-0.1, -0.05) is 17.7 Å². The molecule has 6 heteroatoms. The van der Waals surface area contributed by atoms with Crippen LogP contribution >= 0.6 is 11.6 Å². The highest BCUT2D eigenvalue weighted by atomic mass is 35.5. The number of fused-ring (bicyclic) bond motifs is 1. The summed E-state index contributed by atoms with van der Waals surface area (Å²) in [5.41, 5.74) is 1.75. The Morgan fingerprint density at radius 2 is 2.30 bits per heavy atom. The molecular weight excluding hydrogens is 316 g/mol. The van der Waals surface area contributed by atoms with Crippen molar-refractivity contribution < 1.29 is 14.3 Å². The van der Waals surface area contributed by atoms with Gasteiger partial charge in [0.1, 0.15) is 0 Å². The van der Waals surface area contributed by atoms with Crippen LogP contribution in [0, 0.1) is 0 Å². The second-order valence-electron chi connectivity index (χ2n) is 5.13. The van der Waals surface area contributed by atoms with Crippen molar-refractivity contribution in [3.63, 3.8) is 0 Å². The van der Waals surface area contributed by atoms with E-state index in [0.717, 1.165) is 11.1 Å². The summed E-state index contributed by atoms with van der Waals surface area (Å²) < 4.78 is 10.6. The number of carbonyl (C=O) groups is 1. The van der Waals surface area contributed by atoms with Gasteiger partial charge in [-0.15, -0.1) is 0 Å². The van der Waals surface area contributed by atoms with Crippen molar-refractivity contribution in [3.8, 4) is 11.5 Å². The number of halogens is 1. The fourth-order valence-corrected chi connectivity index (χ4v) is 2.50. The number of likely N-dealkylation sites (N-methyl/N-ethyl adjacent to an activating group) is 1. The molecule has 0 saturated carbocycles. The van der Waals surface area contributed by atoms with Gasteiger partial charge in [0, 0.05) is 32.1 Å². The quantitative estimate of drug-likeness (QED) is 0.808. The maximum absolute atomic E-state index is 12.2. The van der Waals surface area contributed by atoms with Gasteiger partial charge in [0.05, 0.1) is 5.02 Å². The summed E-state index contributed by atoms with van der Waals surface area (Å²) in [4.78, 5) is 17.8. The minimum Gasteiger partial charge on any atom is -0.454 e. The van der Waals surface area contributed by atoms with E-state index in [-0.39, 0.29) is 12.7 Å². The molecule has 0 spiro atoms. The van der Waals surface area contributed by atoms with E-state index in [9.17, 15) is 4.79 Å². The van der Waals surface area contributed by atoms with Crippen LogP contribution in [0.3, 0.4) is 0 Å². The maximum atomic E-state index is 12.2. The lowest BCUT2D eigenvalue weighted by atomic mass is 10.2. The van der Waals surface area contributed by atoms with Gasteiger partial charge in [-0.3, -0.25) is 9.78 Å². The lowest BCUT2D eigenvalue weighted by Gasteiger charge is -2.14. The van der Waals surface area contributed by atoms with Crippen LogP contribution in [0.4, 0.5) is 0 Å². The first kappa shape index (κ1) is 15.4. The summed E-state index contributed by atoms with van der Waals surface area (Å²) in [6, 6.07) is 7.30. The molecule has 0 atom stereocenters. The first-order valence-electron chi connectivity index (χ1n) is 7.05. The van der Waals surface area contributed by atoms with Crippen LogP contribution in [0.5, 0.6) is 11.5 Å². The van der Waals surface area contributed by atoms with Crippen molar-refractivity contribution in [1.29, 1.82) is 0 Å². The molecule has 23 heavy (non-hydrogen) atoms. The van der Waals surface area contributed by atoms with Crippen LogP contribution < -0.4 is 9.47 Å². The van der Waals surface area contributed by atoms with Crippen molar-refractivity contribution in [2.45, 2.75) is 6.54 Å². The van der Waals surface area contributed by atoms with Gasteiger partial charge in [-0.2, -0.15) is 0 Å². The Bertz CT molecular complexity index is 747. The van der Waals surface area contributed by atoms with E-state index in [0.29, 0.717) is 23.1 Å². The molecule has 2 aromatic rings. The summed E-state index contributed by atoms with van der Waals surface area (Å²) in [7, 11) is 1.74. The molecule has 1 aliphatic heterocycles. The molecule has 0 radical (unpaired) electrons. The maximum Gasteiger partial charge on any atom is 0.246 e. The predicted molar refractivity (Wildman–Crippen MR) is 87.3 cm³/mol. The number of carbonyl (C=O) groups excluding carboxylic acids is 1. The molecule has 0 fully saturated rings. The van der Waals surface area contributed by atoms with Crippen LogP contribution in [-0.2, 0) is 11.3 Å². The van der Waals surface area contributed by atoms with Crippen LogP contribution in [0.15, 0.2) is 42.7 Å². The highest BCUT2D eigenvalue weighted by Crippen LogP contribution is 2.40. The molecular formula is C17H15ClN2O3. The second-order valence-corrected chi connectivity index (χ2v) is 5.53. The van der Waals surface area contributed by atoms with Gasteiger partial charge >= 0.3 is 0 Å². The lowest BCUT2D eigenvalue weighted by Crippen LogP contribution is -2.24. The third-order valence-corrected chi connectivity index (χ3v) is 3.67. The number of nitrogens with zero attached hydrogens (tertiary/aromatic N) is 2. The standard InChI is InChI=1S/C17H15ClN2O3/c1-20(10-13-3-2-6-19-9-13)16(21)5-4-12-7-14(18)17-15(8-12)22-11-23-17/h2-9H,10-11H2,1H3/b5-4+. The average Bonchev–Trinajstić information content (AvgIpc) is 3.02. The summed E-state index contributed by atoms with van der Waals surface area (Å²) in [5, 5.41) is 0.468. The average molecular weight is 331 g/mol. The Hall–Kier alpha value is -2.53. The molecule has 5 nitrogen and oxygen atoms in total. The minimum atomic E-state index is -0.109. The van der Waals surface area contributed by atoms with Crippen LogP contribution in [0.25, 0.3) is 6.08 Å². The first-order chi connectivity index (χ1) is 11.1. The van der Waals surface area contributed by atoms with Crippen molar-refractivity contribution in [1.82, 2.24) is 9.88 Å². The Labute approximate surface area is 139 Å². The van der Waals surface area contributed by atoms with Gasteiger partial charge < -0.3 is 14.4 Å². The molecule has 1 aliphatic rings. The lowest BCUT2D eigenvalue weighted by molar-refractivity contribution is -0.125. The number of amides is 1. The van der Waals surface area contributed by atoms with Crippen molar-refractivity contribution >= 4 is 23.6 Å². The highest BCUT2D eigenvalue weighted by Gasteiger charge is 2.17. The fourth-order valence-electron chi connectivity index (χ4n) is 2.22. The van der Waals surface area contributed by atoms with Gasteiger partial charge in [0.2, 0.25) is 12.7 Å². The van der Waals surface area contributed by atoms with Gasteiger partial charge in [-0.05, 0) is 35.4 Å². The summed E-state index contributed by atoms with van der Waals surface area (Å²) in [6.07, 6.45) is 6.65. The second kappa shape index (κ2) is 6.71. The van der Waals surface area contributed by atoms with Crippen molar-refractivity contribution in [2.75, 3.05) is 13.8 Å². The van der Waals surface area contributed by atoms with Gasteiger partial charge in [0.15, 0.2) is 11.5 Å². The first-order valence-corrected chi connectivity index (χ1v) is 7.42. The topological polar surface area (TPSA) is 51.7 Å². The summed E-state index contributed by atoms with van der Waals surface area (Å²) in [6.45, 7) is 0.661. The molecule has 1 aromatic carbocycles. The van der Waals surface area contributed by atoms with Crippen molar-refractivity contribution in [3.05, 3.63) is 58.9 Å². The minimum absolute atomic E-state index is 0.109. The fraction of sp³-hybridized carbons (Fsp3) is 0.176.